The predicted molar refractivity (Wildman–Crippen MR) is 96.3 cm³/mol. The lowest BCUT2D eigenvalue weighted by atomic mass is 10.1. The van der Waals surface area contributed by atoms with Crippen LogP contribution in [0.25, 0.3) is 16.6 Å². The summed E-state index contributed by atoms with van der Waals surface area (Å²) in [6.07, 6.45) is 4.50. The number of hydrogen-bond donors (Lipinski definition) is 1. The molecule has 4 aromatic rings. The highest BCUT2D eigenvalue weighted by atomic mass is 15.3. The van der Waals surface area contributed by atoms with Gasteiger partial charge in [-0.25, -0.2) is 9.50 Å². The Balaban J connectivity index is 1.69. The Bertz CT molecular complexity index is 1000. The topological polar surface area (TPSA) is 55.1 Å². The van der Waals surface area contributed by atoms with Crippen LogP contribution >= 0.6 is 0 Å². The van der Waals surface area contributed by atoms with Gasteiger partial charge in [-0.15, -0.1) is 5.10 Å². The Morgan fingerprint density at radius 1 is 1.08 bits per heavy atom. The fourth-order valence-corrected chi connectivity index (χ4v) is 2.86. The minimum absolute atomic E-state index is 0.343. The third-order valence-electron chi connectivity index (χ3n) is 3.92. The van der Waals surface area contributed by atoms with Gasteiger partial charge >= 0.3 is 0 Å². The van der Waals surface area contributed by atoms with Gasteiger partial charge in [0.2, 0.25) is 0 Å². The van der Waals surface area contributed by atoms with Gasteiger partial charge in [0.15, 0.2) is 5.65 Å². The molecule has 5 heteroatoms. The molecule has 0 saturated carbocycles. The van der Waals surface area contributed by atoms with Crippen molar-refractivity contribution in [2.24, 2.45) is 0 Å². The van der Waals surface area contributed by atoms with Crippen molar-refractivity contribution in [3.63, 3.8) is 0 Å². The molecule has 1 N–H and O–H groups in total. The number of pyridine rings is 1. The molecule has 0 saturated heterocycles. The zero-order chi connectivity index (χ0) is 16.5. The maximum atomic E-state index is 4.66. The van der Waals surface area contributed by atoms with Crippen molar-refractivity contribution in [3.05, 3.63) is 66.1 Å². The van der Waals surface area contributed by atoms with E-state index in [1.807, 2.05) is 35.1 Å². The van der Waals surface area contributed by atoms with E-state index in [-0.39, 0.29) is 0 Å². The quantitative estimate of drug-likeness (QED) is 0.624. The molecule has 3 heterocycles. The van der Waals surface area contributed by atoms with Crippen LogP contribution in [0.15, 0.2) is 54.9 Å². The molecular formula is C19H19N5. The van der Waals surface area contributed by atoms with Gasteiger partial charge in [-0.1, -0.05) is 12.1 Å². The largest absolute Gasteiger partial charge is 0.366 e. The third kappa shape index (κ3) is 2.80. The Kier molecular flexibility index (Phi) is 3.61. The highest BCUT2D eigenvalue weighted by molar-refractivity contribution is 5.79. The summed E-state index contributed by atoms with van der Waals surface area (Å²) in [5, 5.41) is 9.15. The van der Waals surface area contributed by atoms with Crippen LogP contribution in [0.1, 0.15) is 25.1 Å². The van der Waals surface area contributed by atoms with E-state index in [4.69, 9.17) is 0 Å². The number of fused-ring (bicyclic) bond motifs is 2. The van der Waals surface area contributed by atoms with Gasteiger partial charge in [0.1, 0.15) is 5.82 Å². The smallest absolute Gasteiger partial charge is 0.153 e. The van der Waals surface area contributed by atoms with Crippen LogP contribution in [0.4, 0.5) is 5.82 Å². The number of nitrogens with zero attached hydrogens (tertiary/aromatic N) is 4. The molecule has 3 aromatic heterocycles. The van der Waals surface area contributed by atoms with E-state index < -0.39 is 0 Å². The number of anilines is 1. The zero-order valence-electron chi connectivity index (χ0n) is 13.8. The summed E-state index contributed by atoms with van der Waals surface area (Å²) >= 11 is 0. The lowest BCUT2D eigenvalue weighted by Crippen LogP contribution is -2.12. The van der Waals surface area contributed by atoms with Crippen molar-refractivity contribution in [2.45, 2.75) is 26.3 Å². The van der Waals surface area contributed by atoms with Crippen molar-refractivity contribution in [1.29, 1.82) is 0 Å². The first kappa shape index (κ1) is 14.6. The van der Waals surface area contributed by atoms with Gasteiger partial charge in [0.05, 0.1) is 17.4 Å². The average molecular weight is 317 g/mol. The number of benzene rings is 1. The van der Waals surface area contributed by atoms with E-state index in [2.05, 4.69) is 58.5 Å². The summed E-state index contributed by atoms with van der Waals surface area (Å²) in [5.41, 5.74) is 4.17. The van der Waals surface area contributed by atoms with E-state index in [0.717, 1.165) is 34.5 Å². The summed E-state index contributed by atoms with van der Waals surface area (Å²) in [7, 11) is 0. The van der Waals surface area contributed by atoms with Crippen molar-refractivity contribution >= 4 is 22.4 Å². The van der Waals surface area contributed by atoms with E-state index in [1.54, 1.807) is 0 Å². The van der Waals surface area contributed by atoms with Gasteiger partial charge in [-0.2, -0.15) is 0 Å². The highest BCUT2D eigenvalue weighted by Crippen LogP contribution is 2.17. The van der Waals surface area contributed by atoms with Crippen molar-refractivity contribution in [2.75, 3.05) is 5.32 Å². The van der Waals surface area contributed by atoms with Crippen LogP contribution in [-0.2, 0) is 6.42 Å². The average Bonchev–Trinajstić information content (AvgIpc) is 2.96. The van der Waals surface area contributed by atoms with E-state index in [1.165, 1.54) is 5.56 Å². The highest BCUT2D eigenvalue weighted by Gasteiger charge is 2.08. The van der Waals surface area contributed by atoms with E-state index >= 15 is 0 Å². The van der Waals surface area contributed by atoms with Crippen LogP contribution in [0.3, 0.4) is 0 Å². The summed E-state index contributed by atoms with van der Waals surface area (Å²) in [5.74, 6) is 0.861. The molecule has 1 aromatic carbocycles. The van der Waals surface area contributed by atoms with Gasteiger partial charge in [0, 0.05) is 24.0 Å². The Morgan fingerprint density at radius 2 is 2.00 bits per heavy atom. The molecule has 120 valence electrons. The fourth-order valence-electron chi connectivity index (χ4n) is 2.86. The van der Waals surface area contributed by atoms with Crippen molar-refractivity contribution < 1.29 is 0 Å². The molecule has 4 rings (SSSR count). The fraction of sp³-hybridized carbons (Fsp3) is 0.211. The molecule has 0 atom stereocenters. The monoisotopic (exact) mass is 317 g/mol. The maximum absolute atomic E-state index is 4.66. The van der Waals surface area contributed by atoms with Crippen molar-refractivity contribution in [3.8, 4) is 0 Å². The first-order valence-corrected chi connectivity index (χ1v) is 8.13. The molecule has 0 aliphatic heterocycles. The van der Waals surface area contributed by atoms with E-state index in [0.29, 0.717) is 6.04 Å². The van der Waals surface area contributed by atoms with Crippen molar-refractivity contribution in [1.82, 2.24) is 19.6 Å². The van der Waals surface area contributed by atoms with Gasteiger partial charge < -0.3 is 5.32 Å². The Labute approximate surface area is 140 Å². The maximum Gasteiger partial charge on any atom is 0.153 e. The number of nitrogens with one attached hydrogen (secondary N) is 1. The molecule has 0 aliphatic rings. The molecule has 0 radical (unpaired) electrons. The third-order valence-corrected chi connectivity index (χ3v) is 3.92. The van der Waals surface area contributed by atoms with Gasteiger partial charge in [-0.3, -0.25) is 4.98 Å². The number of aromatic nitrogens is 4. The summed E-state index contributed by atoms with van der Waals surface area (Å²) in [6.45, 7) is 4.20. The number of imidazole rings is 1. The van der Waals surface area contributed by atoms with Gasteiger partial charge in [-0.05, 0) is 49.7 Å². The molecule has 0 bridgehead atoms. The molecule has 24 heavy (non-hydrogen) atoms. The first-order valence-electron chi connectivity index (χ1n) is 8.13. The Morgan fingerprint density at radius 3 is 2.88 bits per heavy atom. The molecule has 0 fully saturated rings. The summed E-state index contributed by atoms with van der Waals surface area (Å²) < 4.78 is 1.91. The SMILES string of the molecule is CC(C)Nc1ccc2ncc(Cc3ccc4ncccc4c3)n2n1. The number of rotatable bonds is 4. The summed E-state index contributed by atoms with van der Waals surface area (Å²) in [6, 6.07) is 14.7. The van der Waals surface area contributed by atoms with Crippen LogP contribution in [0, 0.1) is 0 Å². The predicted octanol–water partition coefficient (Wildman–Crippen LogP) is 3.69. The molecule has 0 aliphatic carbocycles. The standard InChI is InChI=1S/C19H19N5/c1-13(2)22-18-7-8-19-21-12-16(24(19)23-18)11-14-5-6-17-15(10-14)4-3-9-20-17/h3-10,12-13H,11H2,1-2H3,(H,22,23). The molecule has 5 nitrogen and oxygen atoms in total. The second kappa shape index (κ2) is 5.92. The minimum atomic E-state index is 0.343. The lowest BCUT2D eigenvalue weighted by Gasteiger charge is -2.09. The normalized spacial score (nSPS) is 11.5. The van der Waals surface area contributed by atoms with Crippen LogP contribution in [-0.4, -0.2) is 25.6 Å². The lowest BCUT2D eigenvalue weighted by molar-refractivity contribution is 0.834. The van der Waals surface area contributed by atoms with Crippen LogP contribution in [0.2, 0.25) is 0 Å². The van der Waals surface area contributed by atoms with Gasteiger partial charge in [0.25, 0.3) is 0 Å². The second-order valence-electron chi connectivity index (χ2n) is 6.24. The first-order chi connectivity index (χ1) is 11.7. The molecule has 0 amide bonds. The van der Waals surface area contributed by atoms with E-state index in [9.17, 15) is 0 Å². The second-order valence-corrected chi connectivity index (χ2v) is 6.24. The molecule has 0 spiro atoms. The number of hydrogen-bond acceptors (Lipinski definition) is 4. The molecular weight excluding hydrogens is 298 g/mol. The van der Waals surface area contributed by atoms with Crippen LogP contribution < -0.4 is 5.32 Å². The molecule has 0 unspecified atom stereocenters. The minimum Gasteiger partial charge on any atom is -0.366 e. The van der Waals surface area contributed by atoms with Crippen LogP contribution in [0.5, 0.6) is 0 Å². The zero-order valence-corrected chi connectivity index (χ0v) is 13.8. The Hall–Kier alpha value is -2.95. The summed E-state index contributed by atoms with van der Waals surface area (Å²) in [4.78, 5) is 8.83.